The van der Waals surface area contributed by atoms with Gasteiger partial charge in [-0.1, -0.05) is 11.6 Å². The Morgan fingerprint density at radius 3 is 2.40 bits per heavy atom. The molecule has 0 nitrogen and oxygen atoms in total. The standard InChI is InChI=1S/C6H2Br2ClF/c7-3-1-2-4(10)6(9)5(3)8/h1-2H. The van der Waals surface area contributed by atoms with Gasteiger partial charge < -0.3 is 0 Å². The summed E-state index contributed by atoms with van der Waals surface area (Å²) in [4.78, 5) is 0. The van der Waals surface area contributed by atoms with Gasteiger partial charge in [-0.05, 0) is 44.0 Å². The molecule has 0 spiro atoms. The number of rotatable bonds is 0. The molecule has 0 aliphatic carbocycles. The summed E-state index contributed by atoms with van der Waals surface area (Å²) < 4.78 is 13.9. The predicted octanol–water partition coefficient (Wildman–Crippen LogP) is 4.00. The van der Waals surface area contributed by atoms with Crippen molar-refractivity contribution in [3.63, 3.8) is 0 Å². The third kappa shape index (κ3) is 1.52. The summed E-state index contributed by atoms with van der Waals surface area (Å²) in [5.41, 5.74) is 0. The van der Waals surface area contributed by atoms with Gasteiger partial charge in [0, 0.05) is 4.47 Å². The lowest BCUT2D eigenvalue weighted by atomic mass is 10.3. The molecule has 4 heteroatoms. The molecular formula is C6H2Br2ClF. The van der Waals surface area contributed by atoms with Gasteiger partial charge in [0.25, 0.3) is 0 Å². The van der Waals surface area contributed by atoms with E-state index < -0.39 is 5.82 Å². The lowest BCUT2D eigenvalue weighted by Gasteiger charge is -1.98. The fraction of sp³-hybridized carbons (Fsp3) is 0. The maximum Gasteiger partial charge on any atom is 0.143 e. The first-order chi connectivity index (χ1) is 4.63. The zero-order valence-corrected chi connectivity index (χ0v) is 8.59. The van der Waals surface area contributed by atoms with Crippen LogP contribution < -0.4 is 0 Å². The van der Waals surface area contributed by atoms with Gasteiger partial charge in [0.1, 0.15) is 5.82 Å². The van der Waals surface area contributed by atoms with Crippen LogP contribution in [0.5, 0.6) is 0 Å². The second-order valence-corrected chi connectivity index (χ2v) is 3.68. The molecule has 54 valence electrons. The van der Waals surface area contributed by atoms with E-state index in [9.17, 15) is 4.39 Å². The Hall–Kier alpha value is 0.400. The van der Waals surface area contributed by atoms with Gasteiger partial charge >= 0.3 is 0 Å². The number of halogens is 4. The molecule has 1 aromatic carbocycles. The minimum atomic E-state index is -0.420. The Labute approximate surface area is 79.6 Å². The van der Waals surface area contributed by atoms with Gasteiger partial charge in [-0.3, -0.25) is 0 Å². The Kier molecular flexibility index (Phi) is 2.72. The second-order valence-electron chi connectivity index (χ2n) is 1.66. The smallest absolute Gasteiger partial charge is 0.143 e. The summed E-state index contributed by atoms with van der Waals surface area (Å²) in [6.07, 6.45) is 0. The van der Waals surface area contributed by atoms with Crippen LogP contribution in [-0.2, 0) is 0 Å². The molecule has 0 saturated heterocycles. The molecule has 1 rings (SSSR count). The first-order valence-corrected chi connectivity index (χ1v) is 4.38. The zero-order chi connectivity index (χ0) is 7.72. The van der Waals surface area contributed by atoms with Crippen molar-refractivity contribution in [3.8, 4) is 0 Å². The highest BCUT2D eigenvalue weighted by atomic mass is 79.9. The van der Waals surface area contributed by atoms with Crippen LogP contribution in [0.25, 0.3) is 0 Å². The van der Waals surface area contributed by atoms with E-state index >= 15 is 0 Å². The molecule has 0 N–H and O–H groups in total. The van der Waals surface area contributed by atoms with Crippen LogP contribution in [0.3, 0.4) is 0 Å². The monoisotopic (exact) mass is 286 g/mol. The Bertz CT molecular complexity index is 235. The van der Waals surface area contributed by atoms with Crippen molar-refractivity contribution in [2.75, 3.05) is 0 Å². The molecular weight excluding hydrogens is 286 g/mol. The first kappa shape index (κ1) is 8.50. The van der Waals surface area contributed by atoms with Crippen molar-refractivity contribution in [2.45, 2.75) is 0 Å². The summed E-state index contributed by atoms with van der Waals surface area (Å²) in [7, 11) is 0. The Balaban J connectivity index is 3.34. The van der Waals surface area contributed by atoms with Crippen molar-refractivity contribution in [1.82, 2.24) is 0 Å². The van der Waals surface area contributed by atoms with E-state index in [0.717, 1.165) is 4.47 Å². The van der Waals surface area contributed by atoms with Crippen molar-refractivity contribution < 1.29 is 4.39 Å². The average molecular weight is 288 g/mol. The zero-order valence-electron chi connectivity index (χ0n) is 4.67. The van der Waals surface area contributed by atoms with Gasteiger partial charge in [-0.2, -0.15) is 0 Å². The van der Waals surface area contributed by atoms with Crippen LogP contribution >= 0.6 is 43.5 Å². The number of benzene rings is 1. The van der Waals surface area contributed by atoms with E-state index in [2.05, 4.69) is 31.9 Å². The Morgan fingerprint density at radius 1 is 1.30 bits per heavy atom. The molecule has 0 aliphatic heterocycles. The summed E-state index contributed by atoms with van der Waals surface area (Å²) in [5.74, 6) is -0.420. The Morgan fingerprint density at radius 2 is 1.90 bits per heavy atom. The molecule has 0 atom stereocenters. The van der Waals surface area contributed by atoms with E-state index in [1.165, 1.54) is 6.07 Å². The number of hydrogen-bond donors (Lipinski definition) is 0. The van der Waals surface area contributed by atoms with Gasteiger partial charge in [0.05, 0.1) is 9.50 Å². The predicted molar refractivity (Wildman–Crippen MR) is 46.8 cm³/mol. The van der Waals surface area contributed by atoms with E-state index in [4.69, 9.17) is 11.6 Å². The average Bonchev–Trinajstić information content (AvgIpc) is 1.93. The summed E-state index contributed by atoms with van der Waals surface area (Å²) >= 11 is 11.8. The minimum absolute atomic E-state index is 0.106. The van der Waals surface area contributed by atoms with Gasteiger partial charge in [0.15, 0.2) is 0 Å². The molecule has 0 aromatic heterocycles. The quantitative estimate of drug-likeness (QED) is 0.500. The SMILES string of the molecule is Fc1ccc(Br)c(Br)c1Cl. The molecule has 1 aromatic rings. The van der Waals surface area contributed by atoms with Crippen LogP contribution in [0.4, 0.5) is 4.39 Å². The highest BCUT2D eigenvalue weighted by molar-refractivity contribution is 9.13. The normalized spacial score (nSPS) is 10.0. The lowest BCUT2D eigenvalue weighted by molar-refractivity contribution is 0.627. The van der Waals surface area contributed by atoms with E-state index in [1.807, 2.05) is 0 Å². The van der Waals surface area contributed by atoms with Crippen LogP contribution in [0.15, 0.2) is 21.1 Å². The molecule has 0 saturated carbocycles. The van der Waals surface area contributed by atoms with Crippen LogP contribution in [0.2, 0.25) is 5.02 Å². The fourth-order valence-corrected chi connectivity index (χ4v) is 1.43. The second kappa shape index (κ2) is 3.20. The number of hydrogen-bond acceptors (Lipinski definition) is 0. The van der Waals surface area contributed by atoms with Gasteiger partial charge in [-0.25, -0.2) is 4.39 Å². The highest BCUT2D eigenvalue weighted by Gasteiger charge is 2.05. The largest absolute Gasteiger partial charge is 0.205 e. The molecule has 0 unspecified atom stereocenters. The minimum Gasteiger partial charge on any atom is -0.205 e. The summed E-state index contributed by atoms with van der Waals surface area (Å²) in [6.45, 7) is 0. The van der Waals surface area contributed by atoms with Crippen molar-refractivity contribution >= 4 is 43.5 Å². The molecule has 0 heterocycles. The van der Waals surface area contributed by atoms with E-state index in [1.54, 1.807) is 6.07 Å². The fourth-order valence-electron chi connectivity index (χ4n) is 0.502. The topological polar surface area (TPSA) is 0 Å². The van der Waals surface area contributed by atoms with Gasteiger partial charge in [0.2, 0.25) is 0 Å². The van der Waals surface area contributed by atoms with Crippen molar-refractivity contribution in [2.24, 2.45) is 0 Å². The highest BCUT2D eigenvalue weighted by Crippen LogP contribution is 2.31. The molecule has 0 amide bonds. The molecule has 0 radical (unpaired) electrons. The molecule has 0 bridgehead atoms. The van der Waals surface area contributed by atoms with Crippen LogP contribution in [0, 0.1) is 5.82 Å². The third-order valence-electron chi connectivity index (χ3n) is 0.988. The van der Waals surface area contributed by atoms with Crippen molar-refractivity contribution in [1.29, 1.82) is 0 Å². The maximum atomic E-state index is 12.6. The van der Waals surface area contributed by atoms with E-state index in [0.29, 0.717) is 4.47 Å². The maximum absolute atomic E-state index is 12.6. The third-order valence-corrected chi connectivity index (χ3v) is 3.60. The lowest BCUT2D eigenvalue weighted by Crippen LogP contribution is -1.78. The summed E-state index contributed by atoms with van der Waals surface area (Å²) in [5, 5.41) is 0.106. The van der Waals surface area contributed by atoms with Gasteiger partial charge in [-0.15, -0.1) is 0 Å². The van der Waals surface area contributed by atoms with E-state index in [-0.39, 0.29) is 5.02 Å². The van der Waals surface area contributed by atoms with Crippen LogP contribution in [0.1, 0.15) is 0 Å². The van der Waals surface area contributed by atoms with Crippen molar-refractivity contribution in [3.05, 3.63) is 31.9 Å². The molecule has 0 aliphatic rings. The summed E-state index contributed by atoms with van der Waals surface area (Å²) in [6, 6.07) is 2.89. The molecule has 10 heavy (non-hydrogen) atoms. The first-order valence-electron chi connectivity index (χ1n) is 2.42. The van der Waals surface area contributed by atoms with Crippen LogP contribution in [-0.4, -0.2) is 0 Å². The molecule has 0 fully saturated rings.